The smallest absolute Gasteiger partial charge is 0.256 e. The minimum Gasteiger partial charge on any atom is -0.394 e. The van der Waals surface area contributed by atoms with Gasteiger partial charge in [0.05, 0.1) is 19.3 Å². The Bertz CT molecular complexity index is 1260. The fourth-order valence-electron chi connectivity index (χ4n) is 4.13. The van der Waals surface area contributed by atoms with Crippen LogP contribution < -0.4 is 11.1 Å². The molecule has 0 radical (unpaired) electrons. The van der Waals surface area contributed by atoms with Crippen molar-refractivity contribution < 1.29 is 14.6 Å². The van der Waals surface area contributed by atoms with E-state index in [0.29, 0.717) is 29.5 Å². The molecule has 4 aromatic rings. The number of hydrogen-bond acceptors (Lipinski definition) is 7. The molecule has 4 heterocycles. The van der Waals surface area contributed by atoms with E-state index in [9.17, 15) is 9.90 Å². The summed E-state index contributed by atoms with van der Waals surface area (Å²) in [5, 5.41) is 12.1. The Morgan fingerprint density at radius 3 is 2.70 bits per heavy atom. The number of aromatic nitrogens is 4. The first-order chi connectivity index (χ1) is 16.1. The number of pyridine rings is 1. The lowest BCUT2D eigenvalue weighted by Gasteiger charge is -2.27. The van der Waals surface area contributed by atoms with Crippen LogP contribution in [-0.4, -0.2) is 49.7 Å². The average Bonchev–Trinajstić information content (AvgIpc) is 3.26. The first-order valence-electron chi connectivity index (χ1n) is 10.8. The number of amides is 1. The monoisotopic (exact) mass is 444 g/mol. The maximum absolute atomic E-state index is 12.6. The molecule has 3 aromatic heterocycles. The van der Waals surface area contributed by atoms with Crippen molar-refractivity contribution in [1.29, 1.82) is 0 Å². The Labute approximate surface area is 190 Å². The SMILES string of the molecule is Nc1nccn2c(C3CCC(CO)OC3)nc(-c3ccc(C(=O)Nc4ccccn4)cc3)c12. The molecular weight excluding hydrogens is 420 g/mol. The van der Waals surface area contributed by atoms with E-state index < -0.39 is 0 Å². The summed E-state index contributed by atoms with van der Waals surface area (Å²) in [4.78, 5) is 25.9. The van der Waals surface area contributed by atoms with E-state index in [0.717, 1.165) is 29.7 Å². The lowest BCUT2D eigenvalue weighted by molar-refractivity contribution is -0.0282. The van der Waals surface area contributed by atoms with Crippen molar-refractivity contribution in [2.45, 2.75) is 24.9 Å². The Morgan fingerprint density at radius 2 is 2.00 bits per heavy atom. The number of fused-ring (bicyclic) bond motifs is 1. The molecule has 1 fully saturated rings. The molecule has 1 aliphatic heterocycles. The Kier molecular flexibility index (Phi) is 5.72. The molecule has 9 heteroatoms. The second-order valence-corrected chi connectivity index (χ2v) is 8.01. The molecule has 0 bridgehead atoms. The largest absolute Gasteiger partial charge is 0.394 e. The van der Waals surface area contributed by atoms with E-state index >= 15 is 0 Å². The highest BCUT2D eigenvalue weighted by Crippen LogP contribution is 2.34. The number of aliphatic hydroxyl groups excluding tert-OH is 1. The molecule has 1 aliphatic rings. The third-order valence-corrected chi connectivity index (χ3v) is 5.88. The molecule has 9 nitrogen and oxygen atoms in total. The number of imidazole rings is 1. The normalized spacial score (nSPS) is 18.3. The number of nitrogens with zero attached hydrogens (tertiary/aromatic N) is 4. The second kappa shape index (κ2) is 8.97. The number of anilines is 2. The number of rotatable bonds is 5. The third-order valence-electron chi connectivity index (χ3n) is 5.88. The van der Waals surface area contributed by atoms with E-state index in [4.69, 9.17) is 15.5 Å². The van der Waals surface area contributed by atoms with E-state index in [-0.39, 0.29) is 24.5 Å². The topological polar surface area (TPSA) is 128 Å². The zero-order valence-corrected chi connectivity index (χ0v) is 17.9. The number of aliphatic hydroxyl groups is 1. The first-order valence-corrected chi connectivity index (χ1v) is 10.8. The van der Waals surface area contributed by atoms with Gasteiger partial charge in [-0.15, -0.1) is 0 Å². The van der Waals surface area contributed by atoms with Gasteiger partial charge in [-0.1, -0.05) is 18.2 Å². The summed E-state index contributed by atoms with van der Waals surface area (Å²) in [7, 11) is 0. The molecular formula is C24H24N6O3. The van der Waals surface area contributed by atoms with Gasteiger partial charge in [0.25, 0.3) is 5.91 Å². The number of nitrogen functional groups attached to an aromatic ring is 1. The molecule has 0 spiro atoms. The number of ether oxygens (including phenoxy) is 1. The molecule has 1 saturated heterocycles. The third kappa shape index (κ3) is 4.15. The molecule has 1 aromatic carbocycles. The quantitative estimate of drug-likeness (QED) is 0.432. The summed E-state index contributed by atoms with van der Waals surface area (Å²) in [6.45, 7) is 0.510. The van der Waals surface area contributed by atoms with E-state index in [2.05, 4.69) is 15.3 Å². The fraction of sp³-hybridized carbons (Fsp3) is 0.250. The van der Waals surface area contributed by atoms with Crippen LogP contribution in [0.4, 0.5) is 11.6 Å². The van der Waals surface area contributed by atoms with Crippen molar-refractivity contribution in [3.05, 3.63) is 72.4 Å². The molecule has 168 valence electrons. The van der Waals surface area contributed by atoms with Crippen LogP contribution in [0.5, 0.6) is 0 Å². The summed E-state index contributed by atoms with van der Waals surface area (Å²) in [6, 6.07) is 12.5. The standard InChI is InChI=1S/C24H24N6O3/c25-22-21-20(15-4-6-16(7-5-15)24(32)28-19-3-1-2-10-26-19)29-23(30(21)12-11-27-22)17-8-9-18(13-31)33-14-17/h1-7,10-12,17-18,31H,8-9,13-14H2,(H2,25,27)(H,26,28,32). The van der Waals surface area contributed by atoms with Crippen molar-refractivity contribution in [3.8, 4) is 11.3 Å². The van der Waals surface area contributed by atoms with Crippen molar-refractivity contribution in [2.24, 2.45) is 0 Å². The van der Waals surface area contributed by atoms with Gasteiger partial charge in [0.15, 0.2) is 0 Å². The Morgan fingerprint density at radius 1 is 1.15 bits per heavy atom. The van der Waals surface area contributed by atoms with Crippen molar-refractivity contribution in [3.63, 3.8) is 0 Å². The minimum absolute atomic E-state index is 0.0252. The number of nitrogens with two attached hydrogens (primary N) is 1. The van der Waals surface area contributed by atoms with Crippen molar-refractivity contribution >= 4 is 23.1 Å². The Hall–Kier alpha value is -3.82. The number of hydrogen-bond donors (Lipinski definition) is 3. The van der Waals surface area contributed by atoms with Gasteiger partial charge in [-0.3, -0.25) is 9.20 Å². The van der Waals surface area contributed by atoms with Gasteiger partial charge in [0.2, 0.25) is 0 Å². The number of benzene rings is 1. The lowest BCUT2D eigenvalue weighted by Crippen LogP contribution is -2.28. The van der Waals surface area contributed by atoms with Crippen LogP contribution in [0.3, 0.4) is 0 Å². The molecule has 1 amide bonds. The van der Waals surface area contributed by atoms with Crippen molar-refractivity contribution in [2.75, 3.05) is 24.3 Å². The highest BCUT2D eigenvalue weighted by molar-refractivity contribution is 6.04. The van der Waals surface area contributed by atoms with E-state index in [1.54, 1.807) is 36.7 Å². The maximum Gasteiger partial charge on any atom is 0.256 e. The number of carbonyl (C=O) groups excluding carboxylic acids is 1. The zero-order chi connectivity index (χ0) is 22.8. The molecule has 0 aliphatic carbocycles. The predicted molar refractivity (Wildman–Crippen MR) is 124 cm³/mol. The van der Waals surface area contributed by atoms with Gasteiger partial charge in [-0.25, -0.2) is 15.0 Å². The fourth-order valence-corrected chi connectivity index (χ4v) is 4.13. The minimum atomic E-state index is -0.241. The van der Waals surface area contributed by atoms with Crippen LogP contribution in [0.2, 0.25) is 0 Å². The van der Waals surface area contributed by atoms with Gasteiger partial charge >= 0.3 is 0 Å². The molecule has 2 atom stereocenters. The van der Waals surface area contributed by atoms with Crippen LogP contribution in [-0.2, 0) is 4.74 Å². The lowest BCUT2D eigenvalue weighted by atomic mass is 9.98. The van der Waals surface area contributed by atoms with Gasteiger partial charge in [-0.05, 0) is 37.1 Å². The summed E-state index contributed by atoms with van der Waals surface area (Å²) in [6.07, 6.45) is 6.64. The molecule has 0 saturated carbocycles. The van der Waals surface area contributed by atoms with Crippen molar-refractivity contribution in [1.82, 2.24) is 19.4 Å². The van der Waals surface area contributed by atoms with Gasteiger partial charge in [0.1, 0.15) is 28.7 Å². The van der Waals surface area contributed by atoms with Crippen LogP contribution >= 0.6 is 0 Å². The average molecular weight is 444 g/mol. The van der Waals surface area contributed by atoms with Gasteiger partial charge in [0, 0.05) is 35.6 Å². The van der Waals surface area contributed by atoms with Gasteiger partial charge < -0.3 is 20.9 Å². The summed E-state index contributed by atoms with van der Waals surface area (Å²) in [5.41, 5.74) is 9.01. The van der Waals surface area contributed by atoms with Crippen LogP contribution in [0.25, 0.3) is 16.8 Å². The van der Waals surface area contributed by atoms with Crippen LogP contribution in [0.1, 0.15) is 34.9 Å². The highest BCUT2D eigenvalue weighted by atomic mass is 16.5. The molecule has 2 unspecified atom stereocenters. The molecule has 33 heavy (non-hydrogen) atoms. The van der Waals surface area contributed by atoms with E-state index in [1.165, 1.54) is 0 Å². The second-order valence-electron chi connectivity index (χ2n) is 8.01. The Balaban J connectivity index is 1.45. The van der Waals surface area contributed by atoms with E-state index in [1.807, 2.05) is 28.8 Å². The summed E-state index contributed by atoms with van der Waals surface area (Å²) in [5.74, 6) is 1.57. The molecule has 5 rings (SSSR count). The van der Waals surface area contributed by atoms with Gasteiger partial charge in [-0.2, -0.15) is 0 Å². The predicted octanol–water partition coefficient (Wildman–Crippen LogP) is 2.88. The number of nitrogens with one attached hydrogen (secondary N) is 1. The highest BCUT2D eigenvalue weighted by Gasteiger charge is 2.27. The summed E-state index contributed by atoms with van der Waals surface area (Å²) >= 11 is 0. The zero-order valence-electron chi connectivity index (χ0n) is 17.9. The van der Waals surface area contributed by atoms with Crippen LogP contribution in [0.15, 0.2) is 61.1 Å². The van der Waals surface area contributed by atoms with Crippen LogP contribution in [0, 0.1) is 0 Å². The molecule has 4 N–H and O–H groups in total. The number of carbonyl (C=O) groups is 1. The first kappa shape index (κ1) is 21.0. The summed E-state index contributed by atoms with van der Waals surface area (Å²) < 4.78 is 7.74. The maximum atomic E-state index is 12.6.